The average Bonchev–Trinajstić information content (AvgIpc) is 1.88. The quantitative estimate of drug-likeness (QED) is 0.562. The summed E-state index contributed by atoms with van der Waals surface area (Å²) in [6, 6.07) is 0. The lowest BCUT2D eigenvalue weighted by molar-refractivity contribution is -0.126. The van der Waals surface area contributed by atoms with Crippen molar-refractivity contribution in [3.63, 3.8) is 0 Å². The topological polar surface area (TPSA) is 60.2 Å². The highest BCUT2D eigenvalue weighted by atomic mass is 16.1. The number of nitrogens with two attached hydrogens (primary N) is 1. The number of carbonyl (C=O) groups is 2. The van der Waals surface area contributed by atoms with Crippen LogP contribution in [0.5, 0.6) is 0 Å². The SMILES string of the molecule is CCC(=O)CC(=O)CCN. The third kappa shape index (κ3) is 4.21. The first-order valence-corrected chi connectivity index (χ1v) is 3.44. The fourth-order valence-electron chi connectivity index (χ4n) is 0.594. The zero-order chi connectivity index (χ0) is 7.98. The van der Waals surface area contributed by atoms with Crippen molar-refractivity contribution in [1.29, 1.82) is 0 Å². The molecular weight excluding hydrogens is 130 g/mol. The smallest absolute Gasteiger partial charge is 0.141 e. The Labute approximate surface area is 60.6 Å². The lowest BCUT2D eigenvalue weighted by Crippen LogP contribution is -2.11. The molecule has 0 saturated heterocycles. The van der Waals surface area contributed by atoms with E-state index in [1.54, 1.807) is 6.92 Å². The third-order valence-electron chi connectivity index (χ3n) is 1.21. The van der Waals surface area contributed by atoms with Crippen LogP contribution in [0.25, 0.3) is 0 Å². The Hall–Kier alpha value is -0.700. The van der Waals surface area contributed by atoms with E-state index in [9.17, 15) is 9.59 Å². The summed E-state index contributed by atoms with van der Waals surface area (Å²) in [5.41, 5.74) is 5.11. The van der Waals surface area contributed by atoms with E-state index < -0.39 is 0 Å². The Balaban J connectivity index is 3.47. The monoisotopic (exact) mass is 143 g/mol. The molecule has 0 unspecified atom stereocenters. The lowest BCUT2D eigenvalue weighted by Gasteiger charge is -1.94. The summed E-state index contributed by atoms with van der Waals surface area (Å²) in [5.74, 6) is -0.0483. The first kappa shape index (κ1) is 9.30. The van der Waals surface area contributed by atoms with E-state index in [-0.39, 0.29) is 18.0 Å². The van der Waals surface area contributed by atoms with Gasteiger partial charge in [-0.3, -0.25) is 9.59 Å². The van der Waals surface area contributed by atoms with Crippen LogP contribution in [0.15, 0.2) is 0 Å². The summed E-state index contributed by atoms with van der Waals surface area (Å²) in [4.78, 5) is 21.3. The van der Waals surface area contributed by atoms with Gasteiger partial charge in [-0.25, -0.2) is 0 Å². The second kappa shape index (κ2) is 5.11. The molecule has 10 heavy (non-hydrogen) atoms. The maximum Gasteiger partial charge on any atom is 0.141 e. The van der Waals surface area contributed by atoms with E-state index in [0.717, 1.165) is 0 Å². The van der Waals surface area contributed by atoms with Gasteiger partial charge in [0.05, 0.1) is 6.42 Å². The Morgan fingerprint density at radius 2 is 1.90 bits per heavy atom. The number of ketones is 2. The van der Waals surface area contributed by atoms with Crippen LogP contribution in [-0.4, -0.2) is 18.1 Å². The molecule has 0 radical (unpaired) electrons. The highest BCUT2D eigenvalue weighted by molar-refractivity contribution is 5.98. The van der Waals surface area contributed by atoms with Crippen molar-refractivity contribution in [3.8, 4) is 0 Å². The number of hydrogen-bond acceptors (Lipinski definition) is 3. The molecule has 2 N–H and O–H groups in total. The van der Waals surface area contributed by atoms with Crippen molar-refractivity contribution < 1.29 is 9.59 Å². The van der Waals surface area contributed by atoms with Crippen LogP contribution >= 0.6 is 0 Å². The van der Waals surface area contributed by atoms with Crippen molar-refractivity contribution in [3.05, 3.63) is 0 Å². The lowest BCUT2D eigenvalue weighted by atomic mass is 10.1. The van der Waals surface area contributed by atoms with Gasteiger partial charge in [-0.1, -0.05) is 6.92 Å². The highest BCUT2D eigenvalue weighted by Gasteiger charge is 2.05. The summed E-state index contributed by atoms with van der Waals surface area (Å²) < 4.78 is 0. The average molecular weight is 143 g/mol. The van der Waals surface area contributed by atoms with E-state index in [1.165, 1.54) is 0 Å². The van der Waals surface area contributed by atoms with Gasteiger partial charge in [0, 0.05) is 12.8 Å². The number of carbonyl (C=O) groups excluding carboxylic acids is 2. The fraction of sp³-hybridized carbons (Fsp3) is 0.714. The van der Waals surface area contributed by atoms with Gasteiger partial charge in [0.15, 0.2) is 0 Å². The van der Waals surface area contributed by atoms with Crippen molar-refractivity contribution in [1.82, 2.24) is 0 Å². The molecule has 0 fully saturated rings. The number of hydrogen-bond donors (Lipinski definition) is 1. The van der Waals surface area contributed by atoms with Gasteiger partial charge < -0.3 is 5.73 Å². The minimum absolute atomic E-state index is 0.00144. The molecule has 3 nitrogen and oxygen atoms in total. The highest BCUT2D eigenvalue weighted by Crippen LogP contribution is 1.92. The summed E-state index contributed by atoms with van der Waals surface area (Å²) in [6.07, 6.45) is 0.829. The number of rotatable bonds is 5. The van der Waals surface area contributed by atoms with Gasteiger partial charge in [-0.05, 0) is 6.54 Å². The van der Waals surface area contributed by atoms with Crippen LogP contribution < -0.4 is 5.73 Å². The first-order valence-electron chi connectivity index (χ1n) is 3.44. The van der Waals surface area contributed by atoms with E-state index in [2.05, 4.69) is 0 Å². The molecule has 0 heterocycles. The van der Waals surface area contributed by atoms with E-state index in [4.69, 9.17) is 5.73 Å². The summed E-state index contributed by atoms with van der Waals surface area (Å²) >= 11 is 0. The second-order valence-electron chi connectivity index (χ2n) is 2.15. The molecule has 0 aromatic rings. The maximum absolute atomic E-state index is 10.7. The van der Waals surface area contributed by atoms with Crippen LogP contribution in [0, 0.1) is 0 Å². The zero-order valence-corrected chi connectivity index (χ0v) is 6.22. The van der Waals surface area contributed by atoms with Crippen LogP contribution in [0.3, 0.4) is 0 Å². The van der Waals surface area contributed by atoms with Crippen LogP contribution in [-0.2, 0) is 9.59 Å². The van der Waals surface area contributed by atoms with E-state index >= 15 is 0 Å². The van der Waals surface area contributed by atoms with Gasteiger partial charge in [-0.15, -0.1) is 0 Å². The summed E-state index contributed by atoms with van der Waals surface area (Å²) in [6.45, 7) is 2.09. The predicted molar refractivity (Wildman–Crippen MR) is 38.6 cm³/mol. The van der Waals surface area contributed by atoms with Gasteiger partial charge in [-0.2, -0.15) is 0 Å². The van der Waals surface area contributed by atoms with Crippen LogP contribution in [0.1, 0.15) is 26.2 Å². The molecule has 0 spiro atoms. The molecular formula is C7H13NO2. The first-order chi connectivity index (χ1) is 4.70. The molecule has 3 heteroatoms. The predicted octanol–water partition coefficient (Wildman–Crippen LogP) is 0.274. The molecule has 0 aliphatic rings. The van der Waals surface area contributed by atoms with Gasteiger partial charge in [0.1, 0.15) is 11.6 Å². The van der Waals surface area contributed by atoms with Gasteiger partial charge in [0.2, 0.25) is 0 Å². The molecule has 58 valence electrons. The summed E-state index contributed by atoms with van der Waals surface area (Å²) in [5, 5.41) is 0. The normalized spacial score (nSPS) is 9.40. The summed E-state index contributed by atoms with van der Waals surface area (Å²) in [7, 11) is 0. The molecule has 0 aromatic heterocycles. The third-order valence-corrected chi connectivity index (χ3v) is 1.21. The molecule has 0 rings (SSSR count). The van der Waals surface area contributed by atoms with Crippen molar-refractivity contribution in [2.24, 2.45) is 5.73 Å². The molecule has 0 saturated carbocycles. The van der Waals surface area contributed by atoms with Crippen molar-refractivity contribution in [2.45, 2.75) is 26.2 Å². The van der Waals surface area contributed by atoms with Crippen LogP contribution in [0.4, 0.5) is 0 Å². The molecule has 0 aliphatic heterocycles. The Morgan fingerprint density at radius 1 is 1.30 bits per heavy atom. The second-order valence-corrected chi connectivity index (χ2v) is 2.15. The molecule has 0 bridgehead atoms. The molecule has 0 amide bonds. The van der Waals surface area contributed by atoms with E-state index in [0.29, 0.717) is 19.4 Å². The fourth-order valence-corrected chi connectivity index (χ4v) is 0.594. The van der Waals surface area contributed by atoms with E-state index in [1.807, 2.05) is 0 Å². The molecule has 0 aliphatic carbocycles. The number of Topliss-reactive ketones (excluding diaryl/α,β-unsaturated/α-hetero) is 2. The Morgan fingerprint density at radius 3 is 2.30 bits per heavy atom. The minimum Gasteiger partial charge on any atom is -0.330 e. The van der Waals surface area contributed by atoms with Gasteiger partial charge in [0.25, 0.3) is 0 Å². The largest absolute Gasteiger partial charge is 0.330 e. The molecule has 0 atom stereocenters. The standard InChI is InChI=1S/C7H13NO2/c1-2-6(9)5-7(10)3-4-8/h2-5,8H2,1H3. The van der Waals surface area contributed by atoms with Crippen molar-refractivity contribution in [2.75, 3.05) is 6.54 Å². The maximum atomic E-state index is 10.7. The van der Waals surface area contributed by atoms with Crippen molar-refractivity contribution >= 4 is 11.6 Å². The molecule has 0 aromatic carbocycles. The Bertz CT molecular complexity index is 132. The Kier molecular flexibility index (Phi) is 4.76. The minimum atomic E-state index is -0.0469. The zero-order valence-electron chi connectivity index (χ0n) is 6.22. The van der Waals surface area contributed by atoms with Gasteiger partial charge >= 0.3 is 0 Å². The van der Waals surface area contributed by atoms with Crippen LogP contribution in [0.2, 0.25) is 0 Å².